The summed E-state index contributed by atoms with van der Waals surface area (Å²) in [6.07, 6.45) is 5.56. The van der Waals surface area contributed by atoms with E-state index in [1.165, 1.54) is 0 Å². The van der Waals surface area contributed by atoms with Gasteiger partial charge in [0.15, 0.2) is 10.9 Å². The molecule has 0 spiro atoms. The van der Waals surface area contributed by atoms with E-state index in [4.69, 9.17) is 12.2 Å². The maximum Gasteiger partial charge on any atom is 0.185 e. The molecule has 26 heavy (non-hydrogen) atoms. The molecule has 3 rings (SSSR count). The lowest BCUT2D eigenvalue weighted by molar-refractivity contribution is 0.104. The SMILES string of the molecule is CC1=CC(C)(C)NC(=S)N1c1cccc(C(=O)C=Cc2ccccc2)c1. The minimum absolute atomic E-state index is 0.0337. The Morgan fingerprint density at radius 1 is 1.12 bits per heavy atom. The first-order valence-electron chi connectivity index (χ1n) is 8.55. The highest BCUT2D eigenvalue weighted by Crippen LogP contribution is 2.26. The van der Waals surface area contributed by atoms with Gasteiger partial charge in [0.2, 0.25) is 0 Å². The molecule has 132 valence electrons. The van der Waals surface area contributed by atoms with Crippen LogP contribution >= 0.6 is 12.2 Å². The molecule has 2 aromatic carbocycles. The highest BCUT2D eigenvalue weighted by Gasteiger charge is 2.27. The lowest BCUT2D eigenvalue weighted by Gasteiger charge is -2.38. The lowest BCUT2D eigenvalue weighted by atomic mass is 10.0. The molecule has 2 aromatic rings. The van der Waals surface area contributed by atoms with Crippen molar-refractivity contribution in [2.45, 2.75) is 26.3 Å². The summed E-state index contributed by atoms with van der Waals surface area (Å²) in [7, 11) is 0. The molecule has 1 aliphatic heterocycles. The molecular formula is C22H22N2OS. The highest BCUT2D eigenvalue weighted by atomic mass is 32.1. The zero-order valence-electron chi connectivity index (χ0n) is 15.2. The summed E-state index contributed by atoms with van der Waals surface area (Å²) >= 11 is 5.53. The molecule has 0 saturated carbocycles. The van der Waals surface area contributed by atoms with Gasteiger partial charge in [-0.05, 0) is 62.8 Å². The van der Waals surface area contributed by atoms with Gasteiger partial charge in [0, 0.05) is 16.9 Å². The number of allylic oxidation sites excluding steroid dienone is 2. The molecule has 0 amide bonds. The van der Waals surface area contributed by atoms with Gasteiger partial charge in [-0.15, -0.1) is 0 Å². The molecular weight excluding hydrogens is 340 g/mol. The van der Waals surface area contributed by atoms with Crippen LogP contribution in [-0.4, -0.2) is 16.4 Å². The van der Waals surface area contributed by atoms with E-state index in [1.54, 1.807) is 6.08 Å². The van der Waals surface area contributed by atoms with Gasteiger partial charge in [-0.3, -0.25) is 9.69 Å². The Morgan fingerprint density at radius 2 is 1.85 bits per heavy atom. The van der Waals surface area contributed by atoms with Gasteiger partial charge in [0.1, 0.15) is 0 Å². The number of rotatable bonds is 4. The second kappa shape index (κ2) is 7.26. The largest absolute Gasteiger partial charge is 0.354 e. The minimum Gasteiger partial charge on any atom is -0.354 e. The van der Waals surface area contributed by atoms with Crippen molar-refractivity contribution in [3.05, 3.63) is 83.6 Å². The summed E-state index contributed by atoms with van der Waals surface area (Å²) in [5.41, 5.74) is 3.38. The topological polar surface area (TPSA) is 32.3 Å². The average molecular weight is 362 g/mol. The van der Waals surface area contributed by atoms with E-state index in [0.29, 0.717) is 10.7 Å². The van der Waals surface area contributed by atoms with Gasteiger partial charge in [-0.25, -0.2) is 0 Å². The molecule has 3 nitrogen and oxygen atoms in total. The zero-order valence-corrected chi connectivity index (χ0v) is 16.0. The Morgan fingerprint density at radius 3 is 2.54 bits per heavy atom. The lowest BCUT2D eigenvalue weighted by Crippen LogP contribution is -2.53. The predicted molar refractivity (Wildman–Crippen MR) is 112 cm³/mol. The number of thiocarbonyl (C=S) groups is 1. The van der Waals surface area contributed by atoms with E-state index in [0.717, 1.165) is 16.9 Å². The fourth-order valence-corrected chi connectivity index (χ4v) is 3.58. The summed E-state index contributed by atoms with van der Waals surface area (Å²) in [6.45, 7) is 6.18. The molecule has 0 radical (unpaired) electrons. The van der Waals surface area contributed by atoms with E-state index in [1.807, 2.05) is 72.5 Å². The third-order valence-electron chi connectivity index (χ3n) is 4.17. The fraction of sp³-hybridized carbons (Fsp3) is 0.182. The van der Waals surface area contributed by atoms with Crippen molar-refractivity contribution in [1.29, 1.82) is 0 Å². The molecule has 0 atom stereocenters. The van der Waals surface area contributed by atoms with E-state index >= 15 is 0 Å². The molecule has 1 aliphatic rings. The monoisotopic (exact) mass is 362 g/mol. The molecule has 4 heteroatoms. The van der Waals surface area contributed by atoms with Crippen LogP contribution in [0.25, 0.3) is 6.08 Å². The van der Waals surface area contributed by atoms with Crippen LogP contribution in [0.1, 0.15) is 36.7 Å². The predicted octanol–water partition coefficient (Wildman–Crippen LogP) is 4.96. The molecule has 0 aromatic heterocycles. The van der Waals surface area contributed by atoms with Crippen LogP contribution in [0, 0.1) is 0 Å². The molecule has 0 fully saturated rings. The maximum atomic E-state index is 12.6. The zero-order chi connectivity index (χ0) is 18.7. The van der Waals surface area contributed by atoms with Gasteiger partial charge >= 0.3 is 0 Å². The van der Waals surface area contributed by atoms with Gasteiger partial charge in [-0.2, -0.15) is 0 Å². The number of hydrogen-bond donors (Lipinski definition) is 1. The Kier molecular flexibility index (Phi) is 5.05. The first-order valence-corrected chi connectivity index (χ1v) is 8.96. The van der Waals surface area contributed by atoms with Crippen LogP contribution < -0.4 is 10.2 Å². The summed E-state index contributed by atoms with van der Waals surface area (Å²) < 4.78 is 0. The number of carbonyl (C=O) groups excluding carboxylic acids is 1. The van der Waals surface area contributed by atoms with E-state index in [-0.39, 0.29) is 11.3 Å². The second-order valence-corrected chi connectivity index (χ2v) is 7.32. The Hall–Kier alpha value is -2.72. The van der Waals surface area contributed by atoms with Crippen LogP contribution in [0.3, 0.4) is 0 Å². The highest BCUT2D eigenvalue weighted by molar-refractivity contribution is 7.80. The summed E-state index contributed by atoms with van der Waals surface area (Å²) in [6, 6.07) is 17.3. The van der Waals surface area contributed by atoms with Gasteiger partial charge < -0.3 is 5.32 Å². The number of hydrogen-bond acceptors (Lipinski definition) is 2. The number of anilines is 1. The molecule has 0 saturated heterocycles. The number of ketones is 1. The van der Waals surface area contributed by atoms with Gasteiger partial charge in [0.25, 0.3) is 0 Å². The van der Waals surface area contributed by atoms with Crippen molar-refractivity contribution in [1.82, 2.24) is 5.32 Å². The standard InChI is InChI=1S/C22H22N2OS/c1-16-15-22(2,3)23-21(26)24(16)19-11-7-10-18(14-19)20(25)13-12-17-8-5-4-6-9-17/h4-15H,1-3H3,(H,23,26). The molecule has 0 bridgehead atoms. The van der Waals surface area contributed by atoms with Crippen molar-refractivity contribution in [2.24, 2.45) is 0 Å². The van der Waals surface area contributed by atoms with Crippen molar-refractivity contribution < 1.29 is 4.79 Å². The fourth-order valence-electron chi connectivity index (χ4n) is 3.07. The van der Waals surface area contributed by atoms with Crippen LogP contribution in [-0.2, 0) is 0 Å². The van der Waals surface area contributed by atoms with E-state index < -0.39 is 0 Å². The number of carbonyl (C=O) groups is 1. The summed E-state index contributed by atoms with van der Waals surface area (Å²) in [4.78, 5) is 14.5. The minimum atomic E-state index is -0.177. The van der Waals surface area contributed by atoms with Crippen molar-refractivity contribution in [3.8, 4) is 0 Å². The quantitative estimate of drug-likeness (QED) is 0.473. The third kappa shape index (κ3) is 4.09. The van der Waals surface area contributed by atoms with E-state index in [9.17, 15) is 4.79 Å². The number of benzene rings is 2. The number of nitrogens with one attached hydrogen (secondary N) is 1. The second-order valence-electron chi connectivity index (χ2n) is 6.93. The smallest absolute Gasteiger partial charge is 0.185 e. The molecule has 0 aliphatic carbocycles. The average Bonchev–Trinajstić information content (AvgIpc) is 2.59. The van der Waals surface area contributed by atoms with Crippen molar-refractivity contribution in [2.75, 3.05) is 4.90 Å². The Labute approximate surface area is 160 Å². The first kappa shape index (κ1) is 18.1. The molecule has 0 unspecified atom stereocenters. The van der Waals surface area contributed by atoms with Gasteiger partial charge in [-0.1, -0.05) is 48.5 Å². The Bertz CT molecular complexity index is 897. The summed E-state index contributed by atoms with van der Waals surface area (Å²) in [5.74, 6) is -0.0337. The Balaban J connectivity index is 1.86. The van der Waals surface area contributed by atoms with Crippen molar-refractivity contribution in [3.63, 3.8) is 0 Å². The van der Waals surface area contributed by atoms with Crippen LogP contribution in [0.5, 0.6) is 0 Å². The van der Waals surface area contributed by atoms with Gasteiger partial charge in [0.05, 0.1) is 5.54 Å². The normalized spacial score (nSPS) is 16.3. The molecule has 1 heterocycles. The number of nitrogens with zero attached hydrogens (tertiary/aromatic N) is 1. The first-order chi connectivity index (χ1) is 12.4. The maximum absolute atomic E-state index is 12.6. The van der Waals surface area contributed by atoms with Crippen molar-refractivity contribution >= 4 is 34.9 Å². The van der Waals surface area contributed by atoms with Crippen LogP contribution in [0.2, 0.25) is 0 Å². The molecule has 1 N–H and O–H groups in total. The van der Waals surface area contributed by atoms with Crippen LogP contribution in [0.4, 0.5) is 5.69 Å². The van der Waals surface area contributed by atoms with Crippen LogP contribution in [0.15, 0.2) is 72.4 Å². The third-order valence-corrected chi connectivity index (χ3v) is 4.45. The van der Waals surface area contributed by atoms with E-state index in [2.05, 4.69) is 25.2 Å². The summed E-state index contributed by atoms with van der Waals surface area (Å²) in [5, 5.41) is 3.95.